The number of nitrogens with zero attached hydrogens (tertiary/aromatic N) is 3. The first-order valence-corrected chi connectivity index (χ1v) is 11.8. The maximum atomic E-state index is 5.47. The van der Waals surface area contributed by atoms with Crippen molar-refractivity contribution < 1.29 is 4.74 Å². The lowest BCUT2D eigenvalue weighted by atomic mass is 9.98. The Kier molecular flexibility index (Phi) is 9.43. The second-order valence-corrected chi connectivity index (χ2v) is 8.80. The van der Waals surface area contributed by atoms with E-state index in [0.29, 0.717) is 12.6 Å². The molecule has 0 aromatic heterocycles. The van der Waals surface area contributed by atoms with E-state index in [1.807, 2.05) is 0 Å². The third-order valence-corrected chi connectivity index (χ3v) is 6.37. The van der Waals surface area contributed by atoms with E-state index >= 15 is 0 Å². The molecule has 1 aromatic rings. The van der Waals surface area contributed by atoms with E-state index < -0.39 is 0 Å². The normalized spacial score (nSPS) is 20.8. The molecule has 2 heterocycles. The van der Waals surface area contributed by atoms with E-state index in [4.69, 9.17) is 9.73 Å². The van der Waals surface area contributed by atoms with Crippen molar-refractivity contribution >= 4 is 5.96 Å². The van der Waals surface area contributed by atoms with Crippen LogP contribution in [0.25, 0.3) is 0 Å². The summed E-state index contributed by atoms with van der Waals surface area (Å²) in [5.74, 6) is 1.77. The molecule has 0 amide bonds. The summed E-state index contributed by atoms with van der Waals surface area (Å²) in [7, 11) is 0. The number of rotatable bonds is 8. The van der Waals surface area contributed by atoms with E-state index in [9.17, 15) is 0 Å². The lowest BCUT2D eigenvalue weighted by Gasteiger charge is -2.32. The van der Waals surface area contributed by atoms with Crippen LogP contribution in [0.3, 0.4) is 0 Å². The summed E-state index contributed by atoms with van der Waals surface area (Å²) >= 11 is 0. The monoisotopic (exact) mass is 415 g/mol. The Labute approximate surface area is 183 Å². The van der Waals surface area contributed by atoms with Gasteiger partial charge in [-0.25, -0.2) is 4.99 Å². The minimum absolute atomic E-state index is 0.464. The van der Waals surface area contributed by atoms with Crippen LogP contribution in [0.15, 0.2) is 29.3 Å². The third-order valence-electron chi connectivity index (χ3n) is 6.37. The first kappa shape index (κ1) is 23.0. The fraction of sp³-hybridized carbons (Fsp3) is 0.708. The van der Waals surface area contributed by atoms with Crippen molar-refractivity contribution in [2.45, 2.75) is 52.7 Å². The molecular weight excluding hydrogens is 374 g/mol. The summed E-state index contributed by atoms with van der Waals surface area (Å²) in [5, 5.41) is 6.94. The van der Waals surface area contributed by atoms with Crippen LogP contribution in [0.5, 0.6) is 0 Å². The lowest BCUT2D eigenvalue weighted by Crippen LogP contribution is -2.49. The maximum Gasteiger partial charge on any atom is 0.191 e. The zero-order valence-corrected chi connectivity index (χ0v) is 19.2. The van der Waals surface area contributed by atoms with Gasteiger partial charge in [0.25, 0.3) is 0 Å². The predicted molar refractivity (Wildman–Crippen MR) is 125 cm³/mol. The van der Waals surface area contributed by atoms with Crippen LogP contribution in [-0.2, 0) is 17.8 Å². The van der Waals surface area contributed by atoms with Gasteiger partial charge in [0, 0.05) is 38.8 Å². The molecule has 0 aliphatic carbocycles. The van der Waals surface area contributed by atoms with Gasteiger partial charge in [-0.15, -0.1) is 0 Å². The Morgan fingerprint density at radius 3 is 2.50 bits per heavy atom. The van der Waals surface area contributed by atoms with Gasteiger partial charge in [-0.2, -0.15) is 0 Å². The second-order valence-electron chi connectivity index (χ2n) is 8.80. The number of morpholine rings is 1. The van der Waals surface area contributed by atoms with Gasteiger partial charge in [0.15, 0.2) is 5.96 Å². The van der Waals surface area contributed by atoms with Gasteiger partial charge in [-0.05, 0) is 56.8 Å². The number of guanidine groups is 1. The molecule has 0 spiro atoms. The number of nitrogens with one attached hydrogen (secondary N) is 2. The average Bonchev–Trinajstić information content (AvgIpc) is 2.78. The molecule has 1 atom stereocenters. The number of piperidine rings is 1. The summed E-state index contributed by atoms with van der Waals surface area (Å²) in [4.78, 5) is 9.97. The molecule has 0 radical (unpaired) electrons. The van der Waals surface area contributed by atoms with Gasteiger partial charge in [0.05, 0.1) is 19.8 Å². The maximum absolute atomic E-state index is 5.47. The molecule has 0 saturated carbocycles. The second kappa shape index (κ2) is 12.3. The molecule has 3 rings (SSSR count). The Bertz CT molecular complexity index is 651. The van der Waals surface area contributed by atoms with Crippen LogP contribution in [0.4, 0.5) is 0 Å². The van der Waals surface area contributed by atoms with E-state index in [0.717, 1.165) is 57.8 Å². The highest BCUT2D eigenvalue weighted by Gasteiger charge is 2.18. The Morgan fingerprint density at radius 1 is 1.10 bits per heavy atom. The van der Waals surface area contributed by atoms with Crippen molar-refractivity contribution in [1.82, 2.24) is 20.4 Å². The quantitative estimate of drug-likeness (QED) is 0.505. The average molecular weight is 416 g/mol. The molecule has 1 unspecified atom stereocenters. The van der Waals surface area contributed by atoms with Crippen LogP contribution >= 0.6 is 0 Å². The zero-order chi connectivity index (χ0) is 21.2. The molecule has 30 heavy (non-hydrogen) atoms. The molecular formula is C24H41N5O. The van der Waals surface area contributed by atoms with Crippen molar-refractivity contribution in [1.29, 1.82) is 0 Å². The number of hydrogen-bond donors (Lipinski definition) is 2. The number of benzene rings is 1. The topological polar surface area (TPSA) is 52.1 Å². The van der Waals surface area contributed by atoms with Crippen LogP contribution in [-0.4, -0.2) is 74.3 Å². The predicted octanol–water partition coefficient (Wildman–Crippen LogP) is 2.69. The largest absolute Gasteiger partial charge is 0.379 e. The van der Waals surface area contributed by atoms with Crippen LogP contribution in [0.1, 0.15) is 44.7 Å². The molecule has 2 N–H and O–H groups in total. The summed E-state index contributed by atoms with van der Waals surface area (Å²) < 4.78 is 5.47. The van der Waals surface area contributed by atoms with Gasteiger partial charge in [-0.3, -0.25) is 9.80 Å². The van der Waals surface area contributed by atoms with Crippen molar-refractivity contribution in [2.75, 3.05) is 52.5 Å². The van der Waals surface area contributed by atoms with E-state index in [2.05, 4.69) is 65.5 Å². The summed E-state index contributed by atoms with van der Waals surface area (Å²) in [6, 6.07) is 9.25. The van der Waals surface area contributed by atoms with Crippen LogP contribution < -0.4 is 10.6 Å². The summed E-state index contributed by atoms with van der Waals surface area (Å²) in [5.41, 5.74) is 2.74. The fourth-order valence-electron chi connectivity index (χ4n) is 4.22. The minimum Gasteiger partial charge on any atom is -0.379 e. The molecule has 2 saturated heterocycles. The highest BCUT2D eigenvalue weighted by molar-refractivity contribution is 5.79. The van der Waals surface area contributed by atoms with Gasteiger partial charge in [-0.1, -0.05) is 31.2 Å². The fourth-order valence-corrected chi connectivity index (χ4v) is 4.22. The molecule has 0 bridgehead atoms. The number of hydrogen-bond acceptors (Lipinski definition) is 4. The molecule has 2 aliphatic heterocycles. The zero-order valence-electron chi connectivity index (χ0n) is 19.2. The van der Waals surface area contributed by atoms with E-state index in [-0.39, 0.29) is 0 Å². The van der Waals surface area contributed by atoms with E-state index in [1.54, 1.807) is 0 Å². The SMILES string of the molecule is CCNC(=NCc1ccccc1CN1CCC(C)CC1)NCC(C)N1CCOCC1. The van der Waals surface area contributed by atoms with Crippen LogP contribution in [0.2, 0.25) is 0 Å². The Morgan fingerprint density at radius 2 is 1.80 bits per heavy atom. The molecule has 1 aromatic carbocycles. The molecule has 2 fully saturated rings. The van der Waals surface area contributed by atoms with Crippen molar-refractivity contribution in [3.05, 3.63) is 35.4 Å². The van der Waals surface area contributed by atoms with Gasteiger partial charge in [0.2, 0.25) is 0 Å². The highest BCUT2D eigenvalue weighted by Crippen LogP contribution is 2.20. The number of likely N-dealkylation sites (tertiary alicyclic amines) is 1. The van der Waals surface area contributed by atoms with Gasteiger partial charge < -0.3 is 15.4 Å². The summed E-state index contributed by atoms with van der Waals surface area (Å²) in [6.07, 6.45) is 2.63. The number of aliphatic imine (C=N–C) groups is 1. The van der Waals surface area contributed by atoms with Gasteiger partial charge >= 0.3 is 0 Å². The minimum atomic E-state index is 0.464. The van der Waals surface area contributed by atoms with Gasteiger partial charge in [0.1, 0.15) is 0 Å². The van der Waals surface area contributed by atoms with Crippen molar-refractivity contribution in [3.8, 4) is 0 Å². The van der Waals surface area contributed by atoms with Crippen molar-refractivity contribution in [3.63, 3.8) is 0 Å². The lowest BCUT2D eigenvalue weighted by molar-refractivity contribution is 0.0211. The number of ether oxygens (including phenoxy) is 1. The molecule has 6 heteroatoms. The first-order valence-electron chi connectivity index (χ1n) is 11.8. The molecule has 168 valence electrons. The molecule has 6 nitrogen and oxygen atoms in total. The Balaban J connectivity index is 1.56. The van der Waals surface area contributed by atoms with Crippen molar-refractivity contribution in [2.24, 2.45) is 10.9 Å². The first-order chi connectivity index (χ1) is 14.7. The standard InChI is InChI=1S/C24H41N5O/c1-4-25-24(26-17-21(3)29-13-15-30-16-14-29)27-18-22-7-5-6-8-23(22)19-28-11-9-20(2)10-12-28/h5-8,20-21H,4,9-19H2,1-3H3,(H2,25,26,27). The Hall–Kier alpha value is -1.63. The van der Waals surface area contributed by atoms with Crippen LogP contribution in [0, 0.1) is 5.92 Å². The van der Waals surface area contributed by atoms with E-state index in [1.165, 1.54) is 37.1 Å². The summed E-state index contributed by atoms with van der Waals surface area (Å²) in [6.45, 7) is 16.4. The highest BCUT2D eigenvalue weighted by atomic mass is 16.5. The molecule has 2 aliphatic rings. The smallest absolute Gasteiger partial charge is 0.191 e. The third kappa shape index (κ3) is 7.25.